The molecule has 0 spiro atoms. The van der Waals surface area contributed by atoms with Gasteiger partial charge in [-0.2, -0.15) is 18.4 Å². The van der Waals surface area contributed by atoms with Crippen LogP contribution in [0, 0.1) is 11.3 Å². The molecule has 0 bridgehead atoms. The maximum atomic E-state index is 13.9. The van der Waals surface area contributed by atoms with E-state index in [1.54, 1.807) is 18.2 Å². The highest BCUT2D eigenvalue weighted by molar-refractivity contribution is 6.01. The maximum absolute atomic E-state index is 13.9. The van der Waals surface area contributed by atoms with Crippen LogP contribution in [0.2, 0.25) is 0 Å². The third kappa shape index (κ3) is 4.39. The van der Waals surface area contributed by atoms with Crippen molar-refractivity contribution < 1.29 is 27.4 Å². The first-order valence-electron chi connectivity index (χ1n) is 11.7. The molecule has 2 aromatic rings. The molecule has 0 radical (unpaired) electrons. The number of nitrogens with zero attached hydrogens (tertiary/aromatic N) is 2. The number of ether oxygens (including phenoxy) is 2. The van der Waals surface area contributed by atoms with Gasteiger partial charge in [0.15, 0.2) is 5.78 Å². The lowest BCUT2D eigenvalue weighted by atomic mass is 9.75. The van der Waals surface area contributed by atoms with Crippen LogP contribution in [0.4, 0.5) is 18.9 Å². The van der Waals surface area contributed by atoms with Crippen LogP contribution < -0.4 is 20.1 Å². The van der Waals surface area contributed by atoms with Crippen molar-refractivity contribution in [2.24, 2.45) is 5.73 Å². The number of anilines is 1. The van der Waals surface area contributed by atoms with Crippen molar-refractivity contribution in [3.05, 3.63) is 76.3 Å². The Labute approximate surface area is 207 Å². The third-order valence-corrected chi connectivity index (χ3v) is 6.27. The number of carbonyl (C=O) groups excluding carboxylic acids is 1. The normalized spacial score (nSPS) is 18.2. The van der Waals surface area contributed by atoms with Gasteiger partial charge in [0.25, 0.3) is 0 Å². The third-order valence-electron chi connectivity index (χ3n) is 6.27. The van der Waals surface area contributed by atoms with Crippen LogP contribution in [0.15, 0.2) is 65.1 Å². The van der Waals surface area contributed by atoms with E-state index >= 15 is 0 Å². The lowest BCUT2D eigenvalue weighted by Crippen LogP contribution is -2.39. The van der Waals surface area contributed by atoms with Gasteiger partial charge in [0.2, 0.25) is 0 Å². The topological polar surface area (TPSA) is 88.6 Å². The molecule has 0 amide bonds. The SMILES string of the molecule is CCOc1ccc(OCC)c(C2C(C#N)=C(N)N(c3ccccc3C(F)(F)F)C3=C2C(=O)CCC3)c1. The molecule has 1 unspecified atom stereocenters. The molecule has 2 aliphatic rings. The van der Waals surface area contributed by atoms with Crippen LogP contribution in [-0.4, -0.2) is 19.0 Å². The van der Waals surface area contributed by atoms with Gasteiger partial charge >= 0.3 is 6.18 Å². The molecular formula is C27H26F3N3O3. The van der Waals surface area contributed by atoms with Crippen LogP contribution in [0.25, 0.3) is 0 Å². The summed E-state index contributed by atoms with van der Waals surface area (Å²) in [5.74, 6) is -0.311. The first kappa shape index (κ1) is 25.2. The number of carbonyl (C=O) groups is 1. The molecule has 36 heavy (non-hydrogen) atoms. The molecule has 1 aliphatic carbocycles. The number of Topliss-reactive ketones (excluding diaryl/α,β-unsaturated/α-hetero) is 1. The van der Waals surface area contributed by atoms with E-state index in [4.69, 9.17) is 15.2 Å². The lowest BCUT2D eigenvalue weighted by Gasteiger charge is -2.40. The van der Waals surface area contributed by atoms with Crippen LogP contribution in [0.3, 0.4) is 0 Å². The fraction of sp³-hybridized carbons (Fsp3) is 0.333. The molecule has 0 aromatic heterocycles. The number of nitriles is 1. The summed E-state index contributed by atoms with van der Waals surface area (Å²) in [6, 6.07) is 12.2. The van der Waals surface area contributed by atoms with Gasteiger partial charge in [-0.15, -0.1) is 0 Å². The number of benzene rings is 2. The molecule has 0 fully saturated rings. The zero-order chi connectivity index (χ0) is 26.0. The van der Waals surface area contributed by atoms with E-state index in [9.17, 15) is 23.2 Å². The predicted octanol–water partition coefficient (Wildman–Crippen LogP) is 5.81. The van der Waals surface area contributed by atoms with Gasteiger partial charge in [-0.1, -0.05) is 12.1 Å². The predicted molar refractivity (Wildman–Crippen MR) is 128 cm³/mol. The summed E-state index contributed by atoms with van der Waals surface area (Å²) in [6.45, 7) is 4.37. The summed E-state index contributed by atoms with van der Waals surface area (Å²) in [5.41, 5.74) is 6.48. The number of halogens is 3. The summed E-state index contributed by atoms with van der Waals surface area (Å²) in [6.07, 6.45) is -3.65. The Bertz CT molecular complexity index is 1290. The highest BCUT2D eigenvalue weighted by Crippen LogP contribution is 2.50. The first-order valence-corrected chi connectivity index (χ1v) is 11.7. The first-order chi connectivity index (χ1) is 17.2. The van der Waals surface area contributed by atoms with Crippen molar-refractivity contribution in [3.63, 3.8) is 0 Å². The zero-order valence-corrected chi connectivity index (χ0v) is 20.0. The van der Waals surface area contributed by atoms with Crippen molar-refractivity contribution in [1.82, 2.24) is 0 Å². The van der Waals surface area contributed by atoms with Crippen molar-refractivity contribution >= 4 is 11.5 Å². The summed E-state index contributed by atoms with van der Waals surface area (Å²) in [7, 11) is 0. The fourth-order valence-electron chi connectivity index (χ4n) is 4.88. The van der Waals surface area contributed by atoms with E-state index in [2.05, 4.69) is 6.07 Å². The van der Waals surface area contributed by atoms with E-state index in [-0.39, 0.29) is 34.9 Å². The number of allylic oxidation sites excluding steroid dienone is 3. The molecule has 6 nitrogen and oxygen atoms in total. The number of rotatable bonds is 6. The summed E-state index contributed by atoms with van der Waals surface area (Å²) >= 11 is 0. The standard InChI is InChI=1S/C27H26F3N3O3/c1-3-35-16-12-13-23(36-4-2)17(14-16)24-18(15-31)26(32)33(21-10-7-11-22(34)25(21)24)20-9-6-5-8-19(20)27(28,29)30/h5-6,8-9,12-14,24H,3-4,7,10-11,32H2,1-2H3. The molecule has 188 valence electrons. The van der Waals surface area contributed by atoms with Gasteiger partial charge in [-0.05, 0) is 57.0 Å². The minimum atomic E-state index is -4.66. The van der Waals surface area contributed by atoms with Crippen LogP contribution in [-0.2, 0) is 11.0 Å². The Hall–Kier alpha value is -3.93. The van der Waals surface area contributed by atoms with Gasteiger partial charge < -0.3 is 15.2 Å². The summed E-state index contributed by atoms with van der Waals surface area (Å²) < 4.78 is 53.3. The van der Waals surface area contributed by atoms with Gasteiger partial charge in [-0.25, -0.2) is 0 Å². The average molecular weight is 498 g/mol. The largest absolute Gasteiger partial charge is 0.494 e. The van der Waals surface area contributed by atoms with E-state index < -0.39 is 17.7 Å². The minimum Gasteiger partial charge on any atom is -0.494 e. The fourth-order valence-corrected chi connectivity index (χ4v) is 4.88. The van der Waals surface area contributed by atoms with Crippen molar-refractivity contribution in [2.75, 3.05) is 18.1 Å². The molecule has 0 saturated heterocycles. The van der Waals surface area contributed by atoms with Gasteiger partial charge in [0, 0.05) is 23.3 Å². The number of alkyl halides is 3. The van der Waals surface area contributed by atoms with E-state index in [1.165, 1.54) is 23.1 Å². The molecule has 4 rings (SSSR count). The molecule has 1 heterocycles. The Kier molecular flexibility index (Phi) is 6.97. The van der Waals surface area contributed by atoms with E-state index in [1.807, 2.05) is 13.8 Å². The minimum absolute atomic E-state index is 0.0180. The molecule has 1 aliphatic heterocycles. The lowest BCUT2D eigenvalue weighted by molar-refractivity contribution is -0.137. The van der Waals surface area contributed by atoms with Gasteiger partial charge in [0.05, 0.1) is 42.0 Å². The summed E-state index contributed by atoms with van der Waals surface area (Å²) in [4.78, 5) is 14.6. The van der Waals surface area contributed by atoms with Gasteiger partial charge in [-0.3, -0.25) is 9.69 Å². The van der Waals surface area contributed by atoms with E-state index in [0.29, 0.717) is 48.8 Å². The second-order valence-corrected chi connectivity index (χ2v) is 8.40. The number of ketones is 1. The van der Waals surface area contributed by atoms with Gasteiger partial charge in [0.1, 0.15) is 17.3 Å². The van der Waals surface area contributed by atoms with E-state index in [0.717, 1.165) is 6.07 Å². The molecule has 2 aromatic carbocycles. The monoisotopic (exact) mass is 497 g/mol. The van der Waals surface area contributed by atoms with Crippen LogP contribution in [0.1, 0.15) is 50.2 Å². The van der Waals surface area contributed by atoms with Crippen molar-refractivity contribution in [2.45, 2.75) is 45.2 Å². The van der Waals surface area contributed by atoms with Crippen LogP contribution in [0.5, 0.6) is 11.5 Å². The highest BCUT2D eigenvalue weighted by Gasteiger charge is 2.44. The number of nitrogens with two attached hydrogens (primary N) is 1. The second kappa shape index (κ2) is 9.97. The quantitative estimate of drug-likeness (QED) is 0.542. The Morgan fingerprint density at radius 1 is 1.11 bits per heavy atom. The Morgan fingerprint density at radius 2 is 1.83 bits per heavy atom. The molecule has 9 heteroatoms. The molecule has 0 saturated carbocycles. The molecular weight excluding hydrogens is 471 g/mol. The molecule has 1 atom stereocenters. The van der Waals surface area contributed by atoms with Crippen LogP contribution >= 0.6 is 0 Å². The Morgan fingerprint density at radius 3 is 2.50 bits per heavy atom. The van der Waals surface area contributed by atoms with Crippen molar-refractivity contribution in [3.8, 4) is 17.6 Å². The van der Waals surface area contributed by atoms with Crippen molar-refractivity contribution in [1.29, 1.82) is 5.26 Å². The number of para-hydroxylation sites is 1. The number of hydrogen-bond acceptors (Lipinski definition) is 6. The zero-order valence-electron chi connectivity index (χ0n) is 20.0. The smallest absolute Gasteiger partial charge is 0.418 e. The second-order valence-electron chi connectivity index (χ2n) is 8.40. The summed E-state index contributed by atoms with van der Waals surface area (Å²) in [5, 5.41) is 10.2. The number of hydrogen-bond donors (Lipinski definition) is 1. The average Bonchev–Trinajstić information content (AvgIpc) is 2.84. The highest BCUT2D eigenvalue weighted by atomic mass is 19.4. The maximum Gasteiger partial charge on any atom is 0.418 e. The molecule has 2 N–H and O–H groups in total. The Balaban J connectivity index is 2.02.